The van der Waals surface area contributed by atoms with E-state index in [4.69, 9.17) is 21.3 Å². The summed E-state index contributed by atoms with van der Waals surface area (Å²) in [5.41, 5.74) is 11.3. The summed E-state index contributed by atoms with van der Waals surface area (Å²) in [6, 6.07) is 2.96. The molecular formula is C7H10N2O2. The van der Waals surface area contributed by atoms with Gasteiger partial charge in [-0.05, 0) is 0 Å². The topological polar surface area (TPSA) is 81.5 Å². The Morgan fingerprint density at radius 1 is 1.36 bits per heavy atom. The van der Waals surface area contributed by atoms with E-state index < -0.39 is 0 Å². The molecule has 0 aliphatic carbocycles. The molecule has 4 nitrogen and oxygen atoms in total. The highest BCUT2D eigenvalue weighted by Gasteiger charge is 2.03. The number of ether oxygens (including phenoxy) is 1. The fraction of sp³-hybridized carbons (Fsp3) is 0.143. The second kappa shape index (κ2) is 2.57. The summed E-state index contributed by atoms with van der Waals surface area (Å²) >= 11 is 0. The van der Waals surface area contributed by atoms with Gasteiger partial charge >= 0.3 is 0 Å². The summed E-state index contributed by atoms with van der Waals surface area (Å²) in [6.07, 6.45) is 0. The molecule has 0 spiro atoms. The highest BCUT2D eigenvalue weighted by atomic mass is 16.5. The number of phenolic OH excluding ortho intramolecular Hbond substituents is 1. The number of hydrogen-bond donors (Lipinski definition) is 3. The molecule has 0 unspecified atom stereocenters. The van der Waals surface area contributed by atoms with E-state index in [1.807, 2.05) is 0 Å². The highest BCUT2D eigenvalue weighted by molar-refractivity contribution is 5.72. The van der Waals surface area contributed by atoms with Gasteiger partial charge in [-0.15, -0.1) is 0 Å². The molecule has 4 heteroatoms. The van der Waals surface area contributed by atoms with Crippen LogP contribution < -0.4 is 16.2 Å². The standard InChI is InChI=1S/C7H10N2O2/c1-11-4-2-5(8)7(9)6(10)3-4/h2-3,10H,8-9H2,1H3. The van der Waals surface area contributed by atoms with E-state index in [9.17, 15) is 0 Å². The van der Waals surface area contributed by atoms with E-state index in [-0.39, 0.29) is 11.4 Å². The Labute approximate surface area is 64.4 Å². The molecule has 0 atom stereocenters. The van der Waals surface area contributed by atoms with Crippen molar-refractivity contribution in [1.29, 1.82) is 0 Å². The molecular weight excluding hydrogens is 144 g/mol. The van der Waals surface area contributed by atoms with Crippen LogP contribution in [0.5, 0.6) is 11.5 Å². The van der Waals surface area contributed by atoms with Gasteiger partial charge in [-0.1, -0.05) is 0 Å². The monoisotopic (exact) mass is 154 g/mol. The SMILES string of the molecule is COc1cc(N)c(N)c(O)c1. The first-order chi connectivity index (χ1) is 5.15. The number of hydrogen-bond acceptors (Lipinski definition) is 4. The third kappa shape index (κ3) is 1.29. The van der Waals surface area contributed by atoms with Crippen molar-refractivity contribution in [2.45, 2.75) is 0 Å². The molecule has 0 radical (unpaired) electrons. The zero-order valence-electron chi connectivity index (χ0n) is 6.16. The van der Waals surface area contributed by atoms with Crippen molar-refractivity contribution in [3.05, 3.63) is 12.1 Å². The van der Waals surface area contributed by atoms with Crippen molar-refractivity contribution in [1.82, 2.24) is 0 Å². The van der Waals surface area contributed by atoms with Crippen LogP contribution in [0.15, 0.2) is 12.1 Å². The number of anilines is 2. The normalized spacial score (nSPS) is 9.55. The summed E-state index contributed by atoms with van der Waals surface area (Å²) < 4.78 is 4.84. The van der Waals surface area contributed by atoms with Crippen LogP contribution in [0.25, 0.3) is 0 Å². The fourth-order valence-electron chi connectivity index (χ4n) is 0.751. The fourth-order valence-corrected chi connectivity index (χ4v) is 0.751. The van der Waals surface area contributed by atoms with E-state index in [2.05, 4.69) is 0 Å². The highest BCUT2D eigenvalue weighted by Crippen LogP contribution is 2.31. The van der Waals surface area contributed by atoms with Crippen molar-refractivity contribution in [2.75, 3.05) is 18.6 Å². The number of benzene rings is 1. The number of methoxy groups -OCH3 is 1. The van der Waals surface area contributed by atoms with Crippen molar-refractivity contribution >= 4 is 11.4 Å². The minimum absolute atomic E-state index is 0.0538. The number of nitrogens with two attached hydrogens (primary N) is 2. The van der Waals surface area contributed by atoms with E-state index in [0.717, 1.165) is 0 Å². The smallest absolute Gasteiger partial charge is 0.144 e. The average molecular weight is 154 g/mol. The van der Waals surface area contributed by atoms with Crippen LogP contribution in [0.4, 0.5) is 11.4 Å². The molecule has 0 aliphatic heterocycles. The summed E-state index contributed by atoms with van der Waals surface area (Å²) in [5, 5.41) is 9.13. The van der Waals surface area contributed by atoms with E-state index in [1.165, 1.54) is 13.2 Å². The first-order valence-corrected chi connectivity index (χ1v) is 3.07. The van der Waals surface area contributed by atoms with Gasteiger partial charge in [0, 0.05) is 12.1 Å². The van der Waals surface area contributed by atoms with Gasteiger partial charge in [0.1, 0.15) is 11.5 Å². The summed E-state index contributed by atoms with van der Waals surface area (Å²) in [6.45, 7) is 0. The molecule has 1 rings (SSSR count). The molecule has 0 saturated carbocycles. The van der Waals surface area contributed by atoms with Gasteiger partial charge in [-0.3, -0.25) is 0 Å². The van der Waals surface area contributed by atoms with Crippen molar-refractivity contribution in [2.24, 2.45) is 0 Å². The lowest BCUT2D eigenvalue weighted by atomic mass is 10.2. The van der Waals surface area contributed by atoms with Gasteiger partial charge in [0.25, 0.3) is 0 Å². The largest absolute Gasteiger partial charge is 0.506 e. The second-order valence-corrected chi connectivity index (χ2v) is 2.15. The molecule has 0 fully saturated rings. The van der Waals surface area contributed by atoms with E-state index in [1.54, 1.807) is 6.07 Å². The third-order valence-electron chi connectivity index (χ3n) is 1.40. The van der Waals surface area contributed by atoms with Crippen LogP contribution in [0.1, 0.15) is 0 Å². The lowest BCUT2D eigenvalue weighted by molar-refractivity contribution is 0.408. The average Bonchev–Trinajstić information content (AvgIpc) is 1.99. The quantitative estimate of drug-likeness (QED) is 0.408. The Morgan fingerprint density at radius 2 is 2.00 bits per heavy atom. The van der Waals surface area contributed by atoms with Crippen LogP contribution in [0.3, 0.4) is 0 Å². The molecule has 0 aromatic heterocycles. The molecule has 0 heterocycles. The maximum atomic E-state index is 9.13. The zero-order valence-corrected chi connectivity index (χ0v) is 6.16. The Hall–Kier alpha value is -1.58. The molecule has 0 saturated heterocycles. The van der Waals surface area contributed by atoms with E-state index in [0.29, 0.717) is 11.4 Å². The number of nitrogen functional groups attached to an aromatic ring is 2. The maximum absolute atomic E-state index is 9.13. The molecule has 0 bridgehead atoms. The summed E-state index contributed by atoms with van der Waals surface area (Å²) in [7, 11) is 1.49. The van der Waals surface area contributed by atoms with Crippen LogP contribution >= 0.6 is 0 Å². The first kappa shape index (κ1) is 7.53. The van der Waals surface area contributed by atoms with Gasteiger partial charge in [-0.25, -0.2) is 0 Å². The minimum Gasteiger partial charge on any atom is -0.506 e. The second-order valence-electron chi connectivity index (χ2n) is 2.15. The number of phenols is 1. The molecule has 0 aliphatic rings. The zero-order chi connectivity index (χ0) is 8.43. The van der Waals surface area contributed by atoms with Gasteiger partial charge in [0.2, 0.25) is 0 Å². The predicted molar refractivity (Wildman–Crippen MR) is 43.5 cm³/mol. The lowest BCUT2D eigenvalue weighted by Crippen LogP contribution is -1.95. The number of rotatable bonds is 1. The molecule has 60 valence electrons. The maximum Gasteiger partial charge on any atom is 0.144 e. The third-order valence-corrected chi connectivity index (χ3v) is 1.40. The first-order valence-electron chi connectivity index (χ1n) is 3.07. The van der Waals surface area contributed by atoms with Gasteiger partial charge in [0.05, 0.1) is 18.5 Å². The minimum atomic E-state index is -0.0538. The summed E-state index contributed by atoms with van der Waals surface area (Å²) in [4.78, 5) is 0. The van der Waals surface area contributed by atoms with Crippen LogP contribution in [-0.4, -0.2) is 12.2 Å². The Bertz CT molecular complexity index is 250. The lowest BCUT2D eigenvalue weighted by Gasteiger charge is -2.05. The molecule has 5 N–H and O–H groups in total. The Balaban J connectivity index is 3.21. The van der Waals surface area contributed by atoms with Gasteiger partial charge < -0.3 is 21.3 Å². The number of aromatic hydroxyl groups is 1. The molecule has 0 amide bonds. The van der Waals surface area contributed by atoms with Crippen molar-refractivity contribution in [3.8, 4) is 11.5 Å². The van der Waals surface area contributed by atoms with Crippen molar-refractivity contribution in [3.63, 3.8) is 0 Å². The van der Waals surface area contributed by atoms with E-state index >= 15 is 0 Å². The Kier molecular flexibility index (Phi) is 1.76. The molecule has 1 aromatic carbocycles. The van der Waals surface area contributed by atoms with Gasteiger partial charge in [-0.2, -0.15) is 0 Å². The van der Waals surface area contributed by atoms with Gasteiger partial charge in [0.15, 0.2) is 0 Å². The summed E-state index contributed by atoms with van der Waals surface area (Å²) in [5.74, 6) is 0.441. The Morgan fingerprint density at radius 3 is 2.45 bits per heavy atom. The molecule has 1 aromatic rings. The van der Waals surface area contributed by atoms with Crippen LogP contribution in [0.2, 0.25) is 0 Å². The predicted octanol–water partition coefficient (Wildman–Crippen LogP) is 0.565. The molecule has 11 heavy (non-hydrogen) atoms. The van der Waals surface area contributed by atoms with Crippen LogP contribution in [-0.2, 0) is 0 Å². The van der Waals surface area contributed by atoms with Crippen LogP contribution in [0, 0.1) is 0 Å². The van der Waals surface area contributed by atoms with Crippen molar-refractivity contribution < 1.29 is 9.84 Å².